The van der Waals surface area contributed by atoms with E-state index in [1.54, 1.807) is 12.1 Å². The summed E-state index contributed by atoms with van der Waals surface area (Å²) in [5, 5.41) is 0. The zero-order valence-corrected chi connectivity index (χ0v) is 10.7. The summed E-state index contributed by atoms with van der Waals surface area (Å²) in [6.07, 6.45) is 0. The summed E-state index contributed by atoms with van der Waals surface area (Å²) in [6, 6.07) is 4.53. The standard InChI is InChI=1S/C13H21FN2O/c1-4-17-11-6-5-9(7-10(11)14)12(16)13(2,3)8-15/h5-7,12H,4,8,15-16H2,1-3H3. The Kier molecular flexibility index (Phi) is 4.48. The molecule has 4 N–H and O–H groups in total. The van der Waals surface area contributed by atoms with Gasteiger partial charge in [-0.15, -0.1) is 0 Å². The lowest BCUT2D eigenvalue weighted by atomic mass is 9.81. The van der Waals surface area contributed by atoms with Gasteiger partial charge in [0.1, 0.15) is 0 Å². The van der Waals surface area contributed by atoms with Crippen LogP contribution in [0.15, 0.2) is 18.2 Å². The molecule has 0 aliphatic heterocycles. The monoisotopic (exact) mass is 240 g/mol. The van der Waals surface area contributed by atoms with Crippen molar-refractivity contribution in [1.29, 1.82) is 0 Å². The van der Waals surface area contributed by atoms with Gasteiger partial charge in [-0.2, -0.15) is 0 Å². The summed E-state index contributed by atoms with van der Waals surface area (Å²) < 4.78 is 18.8. The predicted octanol–water partition coefficient (Wildman–Crippen LogP) is 2.21. The molecule has 3 nitrogen and oxygen atoms in total. The molecule has 1 unspecified atom stereocenters. The lowest BCUT2D eigenvalue weighted by Gasteiger charge is -2.30. The molecule has 96 valence electrons. The molecule has 0 radical (unpaired) electrons. The fourth-order valence-electron chi connectivity index (χ4n) is 1.56. The van der Waals surface area contributed by atoms with Crippen molar-refractivity contribution < 1.29 is 9.13 Å². The van der Waals surface area contributed by atoms with Gasteiger partial charge in [0.2, 0.25) is 0 Å². The minimum Gasteiger partial charge on any atom is -0.491 e. The Labute approximate surface area is 102 Å². The highest BCUT2D eigenvalue weighted by molar-refractivity contribution is 5.31. The maximum Gasteiger partial charge on any atom is 0.165 e. The van der Waals surface area contributed by atoms with Crippen LogP contribution in [0.1, 0.15) is 32.4 Å². The highest BCUT2D eigenvalue weighted by Gasteiger charge is 2.26. The number of hydrogen-bond donors (Lipinski definition) is 2. The first-order valence-electron chi connectivity index (χ1n) is 5.80. The largest absolute Gasteiger partial charge is 0.491 e. The minimum absolute atomic E-state index is 0.258. The third-order valence-corrected chi connectivity index (χ3v) is 2.98. The summed E-state index contributed by atoms with van der Waals surface area (Å²) in [5.41, 5.74) is 12.2. The van der Waals surface area contributed by atoms with Crippen molar-refractivity contribution in [2.75, 3.05) is 13.2 Å². The fourth-order valence-corrected chi connectivity index (χ4v) is 1.56. The fraction of sp³-hybridized carbons (Fsp3) is 0.538. The molecule has 0 heterocycles. The van der Waals surface area contributed by atoms with Crippen molar-refractivity contribution in [2.24, 2.45) is 16.9 Å². The predicted molar refractivity (Wildman–Crippen MR) is 67.3 cm³/mol. The van der Waals surface area contributed by atoms with E-state index in [0.717, 1.165) is 5.56 Å². The van der Waals surface area contributed by atoms with Crippen molar-refractivity contribution in [1.82, 2.24) is 0 Å². The van der Waals surface area contributed by atoms with Crippen molar-refractivity contribution >= 4 is 0 Å². The highest BCUT2D eigenvalue weighted by Crippen LogP contribution is 2.32. The second kappa shape index (κ2) is 5.47. The highest BCUT2D eigenvalue weighted by atomic mass is 19.1. The summed E-state index contributed by atoms with van der Waals surface area (Å²) in [5.74, 6) is -0.123. The molecule has 17 heavy (non-hydrogen) atoms. The average Bonchev–Trinajstić information content (AvgIpc) is 2.31. The summed E-state index contributed by atoms with van der Waals surface area (Å²) in [6.45, 7) is 6.63. The molecule has 1 aromatic carbocycles. The van der Waals surface area contributed by atoms with Gasteiger partial charge >= 0.3 is 0 Å². The first-order valence-corrected chi connectivity index (χ1v) is 5.80. The van der Waals surface area contributed by atoms with Crippen LogP contribution in [-0.4, -0.2) is 13.2 Å². The Morgan fingerprint density at radius 1 is 1.41 bits per heavy atom. The van der Waals surface area contributed by atoms with Gasteiger partial charge < -0.3 is 16.2 Å². The van der Waals surface area contributed by atoms with Crippen LogP contribution < -0.4 is 16.2 Å². The van der Waals surface area contributed by atoms with E-state index in [1.807, 2.05) is 20.8 Å². The van der Waals surface area contributed by atoms with Gasteiger partial charge in [0, 0.05) is 6.04 Å². The smallest absolute Gasteiger partial charge is 0.165 e. The van der Waals surface area contributed by atoms with Crippen LogP contribution in [0.5, 0.6) is 5.75 Å². The van der Waals surface area contributed by atoms with Crippen LogP contribution >= 0.6 is 0 Å². The first kappa shape index (κ1) is 13.9. The summed E-state index contributed by atoms with van der Waals surface area (Å²) >= 11 is 0. The molecule has 0 aliphatic carbocycles. The van der Waals surface area contributed by atoms with Gasteiger partial charge in [0.05, 0.1) is 6.61 Å². The topological polar surface area (TPSA) is 61.3 Å². The minimum atomic E-state index is -0.382. The SMILES string of the molecule is CCOc1ccc(C(N)C(C)(C)CN)cc1F. The van der Waals surface area contributed by atoms with Gasteiger partial charge in [-0.25, -0.2) is 4.39 Å². The molecule has 0 saturated carbocycles. The summed E-state index contributed by atoms with van der Waals surface area (Å²) in [4.78, 5) is 0. The lowest BCUT2D eigenvalue weighted by Crippen LogP contribution is -2.35. The number of halogens is 1. The van der Waals surface area contributed by atoms with E-state index >= 15 is 0 Å². The van der Waals surface area contributed by atoms with Gasteiger partial charge in [0.25, 0.3) is 0 Å². The molecule has 0 aliphatic rings. The van der Waals surface area contributed by atoms with Crippen LogP contribution in [0.4, 0.5) is 4.39 Å². The Morgan fingerprint density at radius 3 is 2.53 bits per heavy atom. The third-order valence-electron chi connectivity index (χ3n) is 2.98. The van der Waals surface area contributed by atoms with Crippen LogP contribution in [0, 0.1) is 11.2 Å². The van der Waals surface area contributed by atoms with E-state index < -0.39 is 0 Å². The molecule has 0 fully saturated rings. The molecular formula is C13H21FN2O. The molecule has 4 heteroatoms. The zero-order chi connectivity index (χ0) is 13.1. The van der Waals surface area contributed by atoms with Crippen molar-refractivity contribution in [2.45, 2.75) is 26.8 Å². The van der Waals surface area contributed by atoms with Crippen molar-refractivity contribution in [3.05, 3.63) is 29.6 Å². The van der Waals surface area contributed by atoms with Crippen LogP contribution in [-0.2, 0) is 0 Å². The third kappa shape index (κ3) is 3.17. The number of nitrogens with two attached hydrogens (primary N) is 2. The number of rotatable bonds is 5. The molecule has 0 amide bonds. The van der Waals surface area contributed by atoms with Crippen LogP contribution in [0.25, 0.3) is 0 Å². The van der Waals surface area contributed by atoms with E-state index in [2.05, 4.69) is 0 Å². The van der Waals surface area contributed by atoms with E-state index in [4.69, 9.17) is 16.2 Å². The quantitative estimate of drug-likeness (QED) is 0.829. The molecule has 0 aromatic heterocycles. The maximum absolute atomic E-state index is 13.7. The van der Waals surface area contributed by atoms with Crippen molar-refractivity contribution in [3.8, 4) is 5.75 Å². The Bertz CT molecular complexity index is 380. The molecule has 0 bridgehead atoms. The van der Waals surface area contributed by atoms with Crippen LogP contribution in [0.3, 0.4) is 0 Å². The van der Waals surface area contributed by atoms with E-state index in [9.17, 15) is 4.39 Å². The molecule has 0 spiro atoms. The Balaban J connectivity index is 2.97. The normalized spacial score (nSPS) is 13.5. The van der Waals surface area contributed by atoms with E-state index in [-0.39, 0.29) is 23.0 Å². The second-order valence-corrected chi connectivity index (χ2v) is 4.79. The Hall–Kier alpha value is -1.13. The van der Waals surface area contributed by atoms with Crippen LogP contribution in [0.2, 0.25) is 0 Å². The number of benzene rings is 1. The van der Waals surface area contributed by atoms with Gasteiger partial charge in [-0.3, -0.25) is 0 Å². The van der Waals surface area contributed by atoms with Gasteiger partial charge in [0.15, 0.2) is 11.6 Å². The maximum atomic E-state index is 13.7. The summed E-state index contributed by atoms with van der Waals surface area (Å²) in [7, 11) is 0. The van der Waals surface area contributed by atoms with Gasteiger partial charge in [-0.1, -0.05) is 19.9 Å². The molecule has 1 atom stereocenters. The average molecular weight is 240 g/mol. The Morgan fingerprint density at radius 2 is 2.06 bits per heavy atom. The van der Waals surface area contributed by atoms with E-state index in [1.165, 1.54) is 6.07 Å². The second-order valence-electron chi connectivity index (χ2n) is 4.79. The molecule has 1 aromatic rings. The lowest BCUT2D eigenvalue weighted by molar-refractivity contribution is 0.298. The molecule has 0 saturated heterocycles. The zero-order valence-electron chi connectivity index (χ0n) is 10.7. The first-order chi connectivity index (χ1) is 7.92. The number of ether oxygens (including phenoxy) is 1. The molecular weight excluding hydrogens is 219 g/mol. The van der Waals surface area contributed by atoms with Crippen molar-refractivity contribution in [3.63, 3.8) is 0 Å². The van der Waals surface area contributed by atoms with Gasteiger partial charge in [-0.05, 0) is 36.6 Å². The molecule has 1 rings (SSSR count). The number of hydrogen-bond acceptors (Lipinski definition) is 3. The van der Waals surface area contributed by atoms with E-state index in [0.29, 0.717) is 13.2 Å².